The number of anilines is 3. The summed E-state index contributed by atoms with van der Waals surface area (Å²) in [5.74, 6) is 0.154. The van der Waals surface area contributed by atoms with E-state index in [1.54, 1.807) is 45.9 Å². The molecule has 2 heterocycles. The predicted molar refractivity (Wildman–Crippen MR) is 141 cm³/mol. The molecule has 9 nitrogen and oxygen atoms in total. The Balaban J connectivity index is 1.76. The van der Waals surface area contributed by atoms with E-state index in [4.69, 9.17) is 9.47 Å². The van der Waals surface area contributed by atoms with Gasteiger partial charge in [0.25, 0.3) is 0 Å². The van der Waals surface area contributed by atoms with Crippen LogP contribution in [0.3, 0.4) is 0 Å². The maximum absolute atomic E-state index is 13.3. The molecule has 0 spiro atoms. The van der Waals surface area contributed by atoms with Crippen molar-refractivity contribution in [2.75, 3.05) is 30.5 Å². The highest BCUT2D eigenvalue weighted by Gasteiger charge is 2.44. The van der Waals surface area contributed by atoms with Crippen LogP contribution >= 0.6 is 0 Å². The Kier molecular flexibility index (Phi) is 7.38. The molecular formula is C28H28F3N5O4. The summed E-state index contributed by atoms with van der Waals surface area (Å²) >= 11 is 0. The van der Waals surface area contributed by atoms with E-state index in [1.165, 1.54) is 24.3 Å². The number of carbonyl (C=O) groups excluding carboxylic acids is 1. The predicted octanol–water partition coefficient (Wildman–Crippen LogP) is 5.79. The van der Waals surface area contributed by atoms with Crippen molar-refractivity contribution in [2.24, 2.45) is 0 Å². The van der Waals surface area contributed by atoms with Crippen LogP contribution in [0, 0.1) is 11.3 Å². The van der Waals surface area contributed by atoms with Crippen molar-refractivity contribution in [3.05, 3.63) is 59.3 Å². The van der Waals surface area contributed by atoms with Gasteiger partial charge < -0.3 is 19.9 Å². The molecule has 1 aromatic heterocycles. The molecule has 0 saturated carbocycles. The third-order valence-electron chi connectivity index (χ3n) is 6.35. The van der Waals surface area contributed by atoms with Gasteiger partial charge in [-0.1, -0.05) is 6.92 Å². The molecule has 1 unspecified atom stereocenters. The second-order valence-corrected chi connectivity index (χ2v) is 10.6. The Morgan fingerprint density at radius 3 is 2.55 bits per heavy atom. The zero-order valence-electron chi connectivity index (χ0n) is 22.6. The Labute approximate surface area is 229 Å². The highest BCUT2D eigenvalue weighted by Crippen LogP contribution is 2.45. The zero-order chi connectivity index (χ0) is 29.5. The van der Waals surface area contributed by atoms with Crippen LogP contribution in [0.2, 0.25) is 0 Å². The Morgan fingerprint density at radius 2 is 1.95 bits per heavy atom. The lowest BCUT2D eigenvalue weighted by Gasteiger charge is -2.26. The molecule has 2 N–H and O–H groups in total. The average molecular weight is 556 g/mol. The summed E-state index contributed by atoms with van der Waals surface area (Å²) < 4.78 is 50.6. The molecule has 2 aromatic carbocycles. The van der Waals surface area contributed by atoms with Gasteiger partial charge in [0.15, 0.2) is 0 Å². The number of amides is 1. The summed E-state index contributed by atoms with van der Waals surface area (Å²) in [5, 5.41) is 23.1. The lowest BCUT2D eigenvalue weighted by molar-refractivity contribution is -0.137. The number of benzene rings is 2. The van der Waals surface area contributed by atoms with Gasteiger partial charge in [-0.2, -0.15) is 18.4 Å². The number of fused-ring (bicyclic) bond motifs is 1. The maximum Gasteiger partial charge on any atom is 0.416 e. The molecule has 0 bridgehead atoms. The number of ether oxygens (including phenoxy) is 2. The second kappa shape index (κ2) is 10.3. The SMILES string of the molecule is COc1ccc(C(F)(F)F)cc1Nc1nccc(-c2cc(C#N)c3c(c2)C(C)(CO)CN3C(=O)OC(C)(C)C)n1. The van der Waals surface area contributed by atoms with Crippen molar-refractivity contribution in [3.63, 3.8) is 0 Å². The molecule has 3 aromatic rings. The van der Waals surface area contributed by atoms with Gasteiger partial charge in [0.05, 0.1) is 41.9 Å². The van der Waals surface area contributed by atoms with Crippen LogP contribution < -0.4 is 15.0 Å². The molecule has 0 radical (unpaired) electrons. The van der Waals surface area contributed by atoms with Crippen molar-refractivity contribution < 1.29 is 32.5 Å². The second-order valence-electron chi connectivity index (χ2n) is 10.6. The third kappa shape index (κ3) is 5.65. The molecule has 0 fully saturated rings. The first-order valence-electron chi connectivity index (χ1n) is 12.2. The van der Waals surface area contributed by atoms with Crippen LogP contribution in [0.25, 0.3) is 11.3 Å². The zero-order valence-corrected chi connectivity index (χ0v) is 22.6. The quantitative estimate of drug-likeness (QED) is 0.406. The van der Waals surface area contributed by atoms with E-state index in [2.05, 4.69) is 21.4 Å². The molecule has 210 valence electrons. The van der Waals surface area contributed by atoms with E-state index < -0.39 is 28.8 Å². The fourth-order valence-electron chi connectivity index (χ4n) is 4.42. The van der Waals surface area contributed by atoms with Gasteiger partial charge in [0, 0.05) is 23.7 Å². The minimum atomic E-state index is -4.56. The van der Waals surface area contributed by atoms with E-state index in [-0.39, 0.29) is 36.1 Å². The highest BCUT2D eigenvalue weighted by molar-refractivity contribution is 5.95. The molecular weight excluding hydrogens is 527 g/mol. The molecule has 4 rings (SSSR count). The molecule has 1 atom stereocenters. The first kappa shape index (κ1) is 28.6. The molecule has 1 aliphatic rings. The van der Waals surface area contributed by atoms with Gasteiger partial charge in [-0.05, 0) is 62.7 Å². The van der Waals surface area contributed by atoms with E-state index in [1.807, 2.05) is 0 Å². The number of nitriles is 1. The highest BCUT2D eigenvalue weighted by atomic mass is 19.4. The number of alkyl halides is 3. The first-order valence-corrected chi connectivity index (χ1v) is 12.2. The number of halogens is 3. The minimum Gasteiger partial charge on any atom is -0.495 e. The van der Waals surface area contributed by atoms with Crippen LogP contribution in [0.15, 0.2) is 42.6 Å². The Morgan fingerprint density at radius 1 is 1.23 bits per heavy atom. The van der Waals surface area contributed by atoms with Crippen molar-refractivity contribution in [2.45, 2.75) is 44.9 Å². The van der Waals surface area contributed by atoms with Crippen LogP contribution in [0.5, 0.6) is 5.75 Å². The maximum atomic E-state index is 13.3. The number of hydrogen-bond donors (Lipinski definition) is 2. The van der Waals surface area contributed by atoms with Gasteiger partial charge in [-0.3, -0.25) is 4.90 Å². The number of nitrogens with one attached hydrogen (secondary N) is 1. The van der Waals surface area contributed by atoms with Crippen LogP contribution in [0.4, 0.5) is 35.3 Å². The number of aliphatic hydroxyl groups is 1. The van der Waals surface area contributed by atoms with Gasteiger partial charge in [0.2, 0.25) is 5.95 Å². The van der Waals surface area contributed by atoms with E-state index in [0.717, 1.165) is 12.1 Å². The number of aliphatic hydroxyl groups excluding tert-OH is 1. The first-order chi connectivity index (χ1) is 18.7. The topological polar surface area (TPSA) is 121 Å². The van der Waals surface area contributed by atoms with Gasteiger partial charge in [0.1, 0.15) is 17.4 Å². The summed E-state index contributed by atoms with van der Waals surface area (Å²) in [6, 6.07) is 9.99. The van der Waals surface area contributed by atoms with Gasteiger partial charge in [-0.15, -0.1) is 0 Å². The Bertz CT molecular complexity index is 1500. The molecule has 12 heteroatoms. The number of methoxy groups -OCH3 is 1. The monoisotopic (exact) mass is 555 g/mol. The number of aromatic nitrogens is 2. The van der Waals surface area contributed by atoms with Crippen molar-refractivity contribution in [1.82, 2.24) is 9.97 Å². The fraction of sp³-hybridized carbons (Fsp3) is 0.357. The number of carbonyl (C=O) groups is 1. The summed E-state index contributed by atoms with van der Waals surface area (Å²) in [4.78, 5) is 22.9. The van der Waals surface area contributed by atoms with Crippen LogP contribution in [-0.2, 0) is 16.3 Å². The minimum absolute atomic E-state index is 0.00516. The Hall–Kier alpha value is -4.37. The van der Waals surface area contributed by atoms with E-state index in [0.29, 0.717) is 22.5 Å². The van der Waals surface area contributed by atoms with E-state index >= 15 is 0 Å². The summed E-state index contributed by atoms with van der Waals surface area (Å²) in [6.07, 6.45) is -3.78. The summed E-state index contributed by atoms with van der Waals surface area (Å²) in [7, 11) is 1.33. The fourth-order valence-corrected chi connectivity index (χ4v) is 4.42. The largest absolute Gasteiger partial charge is 0.495 e. The van der Waals surface area contributed by atoms with E-state index in [9.17, 15) is 28.3 Å². The van der Waals surface area contributed by atoms with Crippen LogP contribution in [-0.4, -0.2) is 47.0 Å². The molecule has 1 amide bonds. The van der Waals surface area contributed by atoms with Gasteiger partial charge in [-0.25, -0.2) is 14.8 Å². The average Bonchev–Trinajstić information content (AvgIpc) is 3.20. The van der Waals surface area contributed by atoms with Gasteiger partial charge >= 0.3 is 12.3 Å². The van der Waals surface area contributed by atoms with Crippen LogP contribution in [0.1, 0.15) is 44.4 Å². The molecule has 0 saturated heterocycles. The third-order valence-corrected chi connectivity index (χ3v) is 6.35. The molecule has 40 heavy (non-hydrogen) atoms. The lowest BCUT2D eigenvalue weighted by atomic mass is 9.83. The van der Waals surface area contributed by atoms with Crippen molar-refractivity contribution in [3.8, 4) is 23.1 Å². The number of hydrogen-bond acceptors (Lipinski definition) is 8. The molecule has 0 aliphatic carbocycles. The summed E-state index contributed by atoms with van der Waals surface area (Å²) in [6.45, 7) is 6.76. The number of nitrogens with zero attached hydrogens (tertiary/aromatic N) is 4. The lowest BCUT2D eigenvalue weighted by Crippen LogP contribution is -2.40. The summed E-state index contributed by atoms with van der Waals surface area (Å²) in [5.41, 5.74) is -0.600. The normalized spacial score (nSPS) is 16.8. The number of rotatable bonds is 5. The van der Waals surface area contributed by atoms with Crippen molar-refractivity contribution >= 4 is 23.4 Å². The molecule has 1 aliphatic heterocycles. The van der Waals surface area contributed by atoms with Crippen molar-refractivity contribution in [1.29, 1.82) is 5.26 Å². The smallest absolute Gasteiger partial charge is 0.416 e. The standard InChI is InChI=1S/C28H28F3N5O4/c1-26(2,3)40-25(38)36-14-27(4,15-37)19-11-16(10-17(13-32)23(19)36)20-8-9-33-24(34-20)35-21-12-18(28(29,30)31)6-7-22(21)39-5/h6-12,37H,14-15H2,1-5H3,(H,33,34,35).